The van der Waals surface area contributed by atoms with Crippen molar-refractivity contribution < 1.29 is 19.4 Å². The normalized spacial score (nSPS) is 17.2. The second-order valence-corrected chi connectivity index (χ2v) is 7.90. The van der Waals surface area contributed by atoms with Crippen molar-refractivity contribution in [3.8, 4) is 5.75 Å². The predicted molar refractivity (Wildman–Crippen MR) is 126 cm³/mol. The minimum absolute atomic E-state index is 0.0194. The maximum absolute atomic E-state index is 13.1. The van der Waals surface area contributed by atoms with Crippen molar-refractivity contribution >= 4 is 29.1 Å². The molecule has 1 atom stereocenters. The maximum atomic E-state index is 13.1. The molecule has 1 aromatic heterocycles. The molecule has 0 radical (unpaired) electrons. The number of hydrogen-bond donors (Lipinski definition) is 1. The van der Waals surface area contributed by atoms with Crippen molar-refractivity contribution in [2.45, 2.75) is 12.6 Å². The lowest BCUT2D eigenvalue weighted by Crippen LogP contribution is -2.29. The van der Waals surface area contributed by atoms with Crippen LogP contribution in [0.3, 0.4) is 0 Å². The number of rotatable bonds is 7. The van der Waals surface area contributed by atoms with E-state index in [1.54, 1.807) is 73.1 Å². The number of benzene rings is 2. The first-order valence-corrected chi connectivity index (χ1v) is 10.6. The van der Waals surface area contributed by atoms with Crippen LogP contribution in [0.4, 0.5) is 0 Å². The van der Waals surface area contributed by atoms with Gasteiger partial charge in [-0.3, -0.25) is 14.6 Å². The molecule has 1 saturated heterocycles. The summed E-state index contributed by atoms with van der Waals surface area (Å²) in [6.07, 6.45) is 4.90. The molecular weight excluding hydrogens is 440 g/mol. The van der Waals surface area contributed by atoms with Gasteiger partial charge in [0.2, 0.25) is 0 Å². The van der Waals surface area contributed by atoms with Crippen LogP contribution in [0.25, 0.3) is 5.76 Å². The van der Waals surface area contributed by atoms with E-state index in [9.17, 15) is 14.7 Å². The van der Waals surface area contributed by atoms with Crippen molar-refractivity contribution in [2.24, 2.45) is 0 Å². The smallest absolute Gasteiger partial charge is 0.295 e. The number of aliphatic hydroxyl groups excluding tert-OH is 1. The van der Waals surface area contributed by atoms with Crippen molar-refractivity contribution in [3.63, 3.8) is 0 Å². The summed E-state index contributed by atoms with van der Waals surface area (Å²) in [6.45, 7) is 4.12. The molecule has 1 fully saturated rings. The van der Waals surface area contributed by atoms with Crippen LogP contribution in [0.1, 0.15) is 22.7 Å². The third-order valence-electron chi connectivity index (χ3n) is 5.30. The van der Waals surface area contributed by atoms with Gasteiger partial charge in [0.15, 0.2) is 0 Å². The van der Waals surface area contributed by atoms with Gasteiger partial charge < -0.3 is 14.7 Å². The predicted octanol–water partition coefficient (Wildman–Crippen LogP) is 4.92. The van der Waals surface area contributed by atoms with Crippen LogP contribution in [0.15, 0.2) is 91.3 Å². The van der Waals surface area contributed by atoms with Crippen LogP contribution >= 0.6 is 11.6 Å². The first-order valence-electron chi connectivity index (χ1n) is 10.3. The molecule has 0 spiro atoms. The van der Waals surface area contributed by atoms with E-state index in [-0.39, 0.29) is 17.9 Å². The Labute approximate surface area is 196 Å². The van der Waals surface area contributed by atoms with Gasteiger partial charge in [0.25, 0.3) is 11.7 Å². The molecule has 6 nitrogen and oxygen atoms in total. The lowest BCUT2D eigenvalue weighted by atomic mass is 9.95. The highest BCUT2D eigenvalue weighted by molar-refractivity contribution is 6.46. The molecule has 33 heavy (non-hydrogen) atoms. The number of pyridine rings is 1. The Morgan fingerprint density at radius 3 is 2.48 bits per heavy atom. The summed E-state index contributed by atoms with van der Waals surface area (Å²) < 4.78 is 5.48. The fraction of sp³-hybridized carbons (Fsp3) is 0.115. The SMILES string of the molecule is C=CCOc1ccc(C(O)=C2C(=O)C(=O)N(Cc3cccnc3)[C@@H]2c2ccc(Cl)cc2)cc1. The van der Waals surface area contributed by atoms with Gasteiger partial charge >= 0.3 is 0 Å². The number of Topliss-reactive ketones (excluding diaryl/α,β-unsaturated/α-hetero) is 1. The molecule has 1 aliphatic rings. The van der Waals surface area contributed by atoms with Crippen molar-refractivity contribution in [1.82, 2.24) is 9.88 Å². The molecule has 4 rings (SSSR count). The molecule has 3 aromatic rings. The number of nitrogens with zero attached hydrogens (tertiary/aromatic N) is 2. The lowest BCUT2D eigenvalue weighted by molar-refractivity contribution is -0.140. The minimum Gasteiger partial charge on any atom is -0.507 e. The van der Waals surface area contributed by atoms with Gasteiger partial charge in [-0.15, -0.1) is 0 Å². The third-order valence-corrected chi connectivity index (χ3v) is 5.55. The standard InChI is InChI=1S/C26H21ClN2O4/c1-2-14-33-21-11-7-19(8-12-21)24(30)22-23(18-5-9-20(27)10-6-18)29(26(32)25(22)31)16-17-4-3-13-28-15-17/h2-13,15,23,30H,1,14,16H2/t23-/m1/s1. The topological polar surface area (TPSA) is 79.7 Å². The molecule has 0 unspecified atom stereocenters. The van der Waals surface area contributed by atoms with Crippen LogP contribution in [0.2, 0.25) is 5.02 Å². The Morgan fingerprint density at radius 2 is 1.85 bits per heavy atom. The van der Waals surface area contributed by atoms with Gasteiger partial charge in [0, 0.05) is 29.5 Å². The molecule has 1 amide bonds. The number of aliphatic hydroxyl groups is 1. The average Bonchev–Trinajstić information content (AvgIpc) is 3.08. The number of ether oxygens (including phenoxy) is 1. The fourth-order valence-corrected chi connectivity index (χ4v) is 3.87. The van der Waals surface area contributed by atoms with Gasteiger partial charge in [-0.1, -0.05) is 42.5 Å². The molecule has 2 aromatic carbocycles. The van der Waals surface area contributed by atoms with Gasteiger partial charge in [-0.2, -0.15) is 0 Å². The fourth-order valence-electron chi connectivity index (χ4n) is 3.74. The minimum atomic E-state index is -0.779. The Hall–Kier alpha value is -3.90. The second kappa shape index (κ2) is 9.71. The Kier molecular flexibility index (Phi) is 6.56. The van der Waals surface area contributed by atoms with Crippen LogP contribution in [0.5, 0.6) is 5.75 Å². The van der Waals surface area contributed by atoms with E-state index >= 15 is 0 Å². The number of amides is 1. The van der Waals surface area contributed by atoms with Crippen LogP contribution < -0.4 is 4.74 Å². The number of halogens is 1. The van der Waals surface area contributed by atoms with Gasteiger partial charge in [0.1, 0.15) is 18.1 Å². The van der Waals surface area contributed by atoms with Crippen molar-refractivity contribution in [2.75, 3.05) is 6.61 Å². The summed E-state index contributed by atoms with van der Waals surface area (Å²) in [5.74, 6) is -1.09. The molecule has 1 N–H and O–H groups in total. The zero-order chi connectivity index (χ0) is 23.4. The summed E-state index contributed by atoms with van der Waals surface area (Å²) >= 11 is 6.05. The summed E-state index contributed by atoms with van der Waals surface area (Å²) in [5, 5.41) is 11.7. The number of likely N-dealkylation sites (tertiary alicyclic amines) is 1. The highest BCUT2D eigenvalue weighted by Gasteiger charge is 2.46. The van der Waals surface area contributed by atoms with Crippen LogP contribution in [0, 0.1) is 0 Å². The van der Waals surface area contributed by atoms with Crippen LogP contribution in [-0.4, -0.2) is 33.3 Å². The van der Waals surface area contributed by atoms with Gasteiger partial charge in [-0.25, -0.2) is 0 Å². The summed E-state index contributed by atoms with van der Waals surface area (Å²) in [5.41, 5.74) is 1.85. The van der Waals surface area contributed by atoms with E-state index in [0.29, 0.717) is 28.5 Å². The van der Waals surface area contributed by atoms with E-state index in [4.69, 9.17) is 16.3 Å². The highest BCUT2D eigenvalue weighted by atomic mass is 35.5. The Bertz CT molecular complexity index is 1210. The van der Waals surface area contributed by atoms with Gasteiger partial charge in [0.05, 0.1) is 11.6 Å². The first-order chi connectivity index (χ1) is 16.0. The summed E-state index contributed by atoms with van der Waals surface area (Å²) in [4.78, 5) is 31.7. The van der Waals surface area contributed by atoms with Crippen molar-refractivity contribution in [1.29, 1.82) is 0 Å². The number of ketones is 1. The quantitative estimate of drug-likeness (QED) is 0.234. The molecule has 0 aliphatic carbocycles. The molecule has 166 valence electrons. The second-order valence-electron chi connectivity index (χ2n) is 7.46. The molecular formula is C26H21ClN2O4. The molecule has 2 heterocycles. The van der Waals surface area contributed by atoms with E-state index in [2.05, 4.69) is 11.6 Å². The number of carbonyl (C=O) groups excluding carboxylic acids is 2. The highest BCUT2D eigenvalue weighted by Crippen LogP contribution is 2.40. The Balaban J connectivity index is 1.78. The van der Waals surface area contributed by atoms with E-state index in [1.807, 2.05) is 6.07 Å². The number of aromatic nitrogens is 1. The number of carbonyl (C=O) groups is 2. The molecule has 1 aliphatic heterocycles. The van der Waals surface area contributed by atoms with E-state index in [0.717, 1.165) is 5.56 Å². The van der Waals surface area contributed by atoms with E-state index in [1.165, 1.54) is 4.90 Å². The van der Waals surface area contributed by atoms with Crippen LogP contribution in [-0.2, 0) is 16.1 Å². The zero-order valence-electron chi connectivity index (χ0n) is 17.6. The number of hydrogen-bond acceptors (Lipinski definition) is 5. The molecule has 0 bridgehead atoms. The maximum Gasteiger partial charge on any atom is 0.295 e. The first kappa shape index (κ1) is 22.3. The van der Waals surface area contributed by atoms with Crippen molar-refractivity contribution in [3.05, 3.63) is 113 Å². The summed E-state index contributed by atoms with van der Waals surface area (Å²) in [6, 6.07) is 16.3. The van der Waals surface area contributed by atoms with E-state index < -0.39 is 17.7 Å². The largest absolute Gasteiger partial charge is 0.507 e. The Morgan fingerprint density at radius 1 is 1.12 bits per heavy atom. The average molecular weight is 461 g/mol. The molecule has 7 heteroatoms. The zero-order valence-corrected chi connectivity index (χ0v) is 18.4. The molecule has 0 saturated carbocycles. The summed E-state index contributed by atoms with van der Waals surface area (Å²) in [7, 11) is 0. The third kappa shape index (κ3) is 4.66. The van der Waals surface area contributed by atoms with Gasteiger partial charge in [-0.05, 0) is 53.6 Å². The lowest BCUT2D eigenvalue weighted by Gasteiger charge is -2.25. The monoisotopic (exact) mass is 460 g/mol.